The molecule has 0 radical (unpaired) electrons. The summed E-state index contributed by atoms with van der Waals surface area (Å²) >= 11 is 0. The lowest BCUT2D eigenvalue weighted by Gasteiger charge is -2.35. The maximum Gasteiger partial charge on any atom is 0.415 e. The number of nitrogens with one attached hydrogen (secondary N) is 1. The standard InChI is InChI=1S/C23H23FN6O2/c24-19-4-2-1-3-18(19)20-5-6-21(29-28-20)25-13-16-7-10-23(11-8-16)15-30(22(31)32-23)17-9-12-26-27-14-17/h1-6,9,12,14,16H,7-8,10-11,13,15H2,(H,25,29). The van der Waals surface area contributed by atoms with E-state index in [0.717, 1.165) is 32.2 Å². The van der Waals surface area contributed by atoms with Crippen LogP contribution in [0.1, 0.15) is 25.7 Å². The molecule has 3 heterocycles. The van der Waals surface area contributed by atoms with Gasteiger partial charge in [-0.15, -0.1) is 10.2 Å². The van der Waals surface area contributed by atoms with Gasteiger partial charge in [-0.2, -0.15) is 10.2 Å². The molecule has 8 nitrogen and oxygen atoms in total. The van der Waals surface area contributed by atoms with Gasteiger partial charge in [0.15, 0.2) is 0 Å². The van der Waals surface area contributed by atoms with Crippen LogP contribution in [-0.4, -0.2) is 45.2 Å². The highest BCUT2D eigenvalue weighted by Gasteiger charge is 2.47. The number of ether oxygens (including phenoxy) is 1. The minimum absolute atomic E-state index is 0.315. The Hall–Kier alpha value is -3.62. The normalized spacial score (nSPS) is 22.7. The SMILES string of the molecule is O=C1OC2(CCC(CNc3ccc(-c4ccccc4F)nn3)CC2)CN1c1ccnnc1. The Morgan fingerprint density at radius 2 is 1.94 bits per heavy atom. The van der Waals surface area contributed by atoms with E-state index < -0.39 is 5.60 Å². The van der Waals surface area contributed by atoms with Crippen molar-refractivity contribution in [2.24, 2.45) is 5.92 Å². The fraction of sp³-hybridized carbons (Fsp3) is 0.348. The van der Waals surface area contributed by atoms with Crippen LogP contribution in [0.15, 0.2) is 54.9 Å². The molecule has 1 saturated carbocycles. The van der Waals surface area contributed by atoms with Crippen molar-refractivity contribution in [1.29, 1.82) is 0 Å². The Morgan fingerprint density at radius 3 is 2.66 bits per heavy atom. The molecule has 2 aromatic heterocycles. The molecule has 5 rings (SSSR count). The number of hydrogen-bond donors (Lipinski definition) is 1. The summed E-state index contributed by atoms with van der Waals surface area (Å²) < 4.78 is 19.7. The monoisotopic (exact) mass is 434 g/mol. The first-order chi connectivity index (χ1) is 15.6. The van der Waals surface area contributed by atoms with Crippen LogP contribution in [0.2, 0.25) is 0 Å². The van der Waals surface area contributed by atoms with Crippen LogP contribution >= 0.6 is 0 Å². The highest BCUT2D eigenvalue weighted by Crippen LogP contribution is 2.40. The lowest BCUT2D eigenvalue weighted by atomic mass is 9.78. The third-order valence-electron chi connectivity index (χ3n) is 6.25. The van der Waals surface area contributed by atoms with Crippen molar-refractivity contribution in [2.75, 3.05) is 23.3 Å². The van der Waals surface area contributed by atoms with Crippen molar-refractivity contribution in [3.05, 3.63) is 60.7 Å². The van der Waals surface area contributed by atoms with Gasteiger partial charge in [-0.1, -0.05) is 12.1 Å². The first-order valence-electron chi connectivity index (χ1n) is 10.7. The first-order valence-corrected chi connectivity index (χ1v) is 10.7. The molecule has 2 aliphatic rings. The maximum absolute atomic E-state index is 13.9. The van der Waals surface area contributed by atoms with Crippen LogP contribution in [0.25, 0.3) is 11.3 Å². The van der Waals surface area contributed by atoms with E-state index in [9.17, 15) is 9.18 Å². The second kappa shape index (κ2) is 8.49. The molecule has 1 N–H and O–H groups in total. The number of aromatic nitrogens is 4. The molecular weight excluding hydrogens is 411 g/mol. The molecule has 32 heavy (non-hydrogen) atoms. The molecule has 1 amide bonds. The van der Waals surface area contributed by atoms with Crippen LogP contribution < -0.4 is 10.2 Å². The number of halogens is 1. The quantitative estimate of drug-likeness (QED) is 0.647. The van der Waals surface area contributed by atoms with Gasteiger partial charge in [0, 0.05) is 12.1 Å². The number of amides is 1. The number of nitrogens with zero attached hydrogens (tertiary/aromatic N) is 5. The number of carbonyl (C=O) groups excluding carboxylic acids is 1. The zero-order valence-electron chi connectivity index (χ0n) is 17.4. The Bertz CT molecular complexity index is 1090. The fourth-order valence-corrected chi connectivity index (χ4v) is 4.42. The number of carbonyl (C=O) groups is 1. The van der Waals surface area contributed by atoms with Crippen molar-refractivity contribution in [3.8, 4) is 11.3 Å². The average molecular weight is 434 g/mol. The van der Waals surface area contributed by atoms with E-state index in [0.29, 0.717) is 35.2 Å². The van der Waals surface area contributed by atoms with Crippen LogP contribution in [-0.2, 0) is 4.74 Å². The molecule has 164 valence electrons. The van der Waals surface area contributed by atoms with E-state index >= 15 is 0 Å². The lowest BCUT2D eigenvalue weighted by molar-refractivity contribution is 0.0148. The van der Waals surface area contributed by atoms with Crippen LogP contribution in [0.3, 0.4) is 0 Å². The van der Waals surface area contributed by atoms with E-state index in [1.54, 1.807) is 47.6 Å². The molecule has 1 aromatic carbocycles. The molecule has 0 unspecified atom stereocenters. The number of hydrogen-bond acceptors (Lipinski definition) is 7. The summed E-state index contributed by atoms with van der Waals surface area (Å²) in [6, 6.07) is 11.9. The molecule has 3 aromatic rings. The van der Waals surface area contributed by atoms with E-state index in [1.807, 2.05) is 6.07 Å². The Labute approximate surface area is 184 Å². The third kappa shape index (κ3) is 4.10. The molecular formula is C23H23FN6O2. The summed E-state index contributed by atoms with van der Waals surface area (Å²) in [5, 5.41) is 19.3. The Morgan fingerprint density at radius 1 is 1.09 bits per heavy atom. The fourth-order valence-electron chi connectivity index (χ4n) is 4.42. The van der Waals surface area contributed by atoms with Gasteiger partial charge in [-0.3, -0.25) is 4.90 Å². The summed E-state index contributed by atoms with van der Waals surface area (Å²) in [6.45, 7) is 1.30. The summed E-state index contributed by atoms with van der Waals surface area (Å²) in [5.41, 5.74) is 1.22. The van der Waals surface area contributed by atoms with Crippen LogP contribution in [0.5, 0.6) is 0 Å². The van der Waals surface area contributed by atoms with Gasteiger partial charge in [0.25, 0.3) is 0 Å². The van der Waals surface area contributed by atoms with Crippen molar-refractivity contribution >= 4 is 17.6 Å². The molecule has 9 heteroatoms. The molecule has 1 saturated heterocycles. The Kier molecular flexibility index (Phi) is 5.38. The van der Waals surface area contributed by atoms with Crippen molar-refractivity contribution < 1.29 is 13.9 Å². The first kappa shape index (κ1) is 20.3. The van der Waals surface area contributed by atoms with Crippen LogP contribution in [0, 0.1) is 11.7 Å². The van der Waals surface area contributed by atoms with Crippen molar-refractivity contribution in [1.82, 2.24) is 20.4 Å². The minimum atomic E-state index is -0.432. The zero-order valence-corrected chi connectivity index (χ0v) is 17.4. The van der Waals surface area contributed by atoms with E-state index in [2.05, 4.69) is 25.7 Å². The summed E-state index contributed by atoms with van der Waals surface area (Å²) in [6.07, 6.45) is 6.36. The Balaban J connectivity index is 1.14. The zero-order chi connectivity index (χ0) is 22.0. The summed E-state index contributed by atoms with van der Waals surface area (Å²) in [7, 11) is 0. The maximum atomic E-state index is 13.9. The molecule has 0 atom stereocenters. The molecule has 1 aliphatic carbocycles. The molecule has 2 fully saturated rings. The van der Waals surface area contributed by atoms with Gasteiger partial charge in [-0.25, -0.2) is 9.18 Å². The highest BCUT2D eigenvalue weighted by molar-refractivity contribution is 5.90. The van der Waals surface area contributed by atoms with Gasteiger partial charge in [0.2, 0.25) is 0 Å². The molecule has 1 aliphatic heterocycles. The summed E-state index contributed by atoms with van der Waals surface area (Å²) in [5.74, 6) is 0.795. The van der Waals surface area contributed by atoms with E-state index in [1.165, 1.54) is 6.07 Å². The predicted octanol–water partition coefficient (Wildman–Crippen LogP) is 4.07. The second-order valence-corrected chi connectivity index (χ2v) is 8.35. The van der Waals surface area contributed by atoms with Gasteiger partial charge in [-0.05, 0) is 61.9 Å². The number of anilines is 2. The molecule has 1 spiro atoms. The smallest absolute Gasteiger partial charge is 0.415 e. The highest BCUT2D eigenvalue weighted by atomic mass is 19.1. The van der Waals surface area contributed by atoms with Crippen LogP contribution in [0.4, 0.5) is 20.7 Å². The van der Waals surface area contributed by atoms with Gasteiger partial charge in [0.05, 0.1) is 30.3 Å². The van der Waals surface area contributed by atoms with Gasteiger partial charge >= 0.3 is 6.09 Å². The van der Waals surface area contributed by atoms with Crippen molar-refractivity contribution in [2.45, 2.75) is 31.3 Å². The van der Waals surface area contributed by atoms with Gasteiger partial charge < -0.3 is 10.1 Å². The topological polar surface area (TPSA) is 93.1 Å². The van der Waals surface area contributed by atoms with Gasteiger partial charge in [0.1, 0.15) is 17.2 Å². The van der Waals surface area contributed by atoms with E-state index in [-0.39, 0.29) is 11.9 Å². The minimum Gasteiger partial charge on any atom is -0.441 e. The number of benzene rings is 1. The average Bonchev–Trinajstić information content (AvgIpc) is 3.16. The van der Waals surface area contributed by atoms with Crippen molar-refractivity contribution in [3.63, 3.8) is 0 Å². The third-order valence-corrected chi connectivity index (χ3v) is 6.25. The molecule has 0 bridgehead atoms. The lowest BCUT2D eigenvalue weighted by Crippen LogP contribution is -2.39. The summed E-state index contributed by atoms with van der Waals surface area (Å²) in [4.78, 5) is 14.0. The van der Waals surface area contributed by atoms with E-state index in [4.69, 9.17) is 4.74 Å². The predicted molar refractivity (Wildman–Crippen MR) is 116 cm³/mol. The largest absolute Gasteiger partial charge is 0.441 e. The number of rotatable bonds is 5. The second-order valence-electron chi connectivity index (χ2n) is 8.35.